The van der Waals surface area contributed by atoms with Crippen LogP contribution in [-0.4, -0.2) is 44.5 Å². The summed E-state index contributed by atoms with van der Waals surface area (Å²) in [5.41, 5.74) is 7.93. The lowest BCUT2D eigenvalue weighted by atomic mass is 10.1. The largest absolute Gasteiger partial charge is 0.397 e. The van der Waals surface area contributed by atoms with E-state index in [1.54, 1.807) is 19.2 Å². The monoisotopic (exact) mass is 250 g/mol. The first-order valence-electron chi connectivity index (χ1n) is 5.97. The summed E-state index contributed by atoms with van der Waals surface area (Å²) in [5, 5.41) is 5.85. The number of nitrogens with two attached hydrogens (primary N) is 1. The number of nitrogens with zero attached hydrogens (tertiary/aromatic N) is 1. The van der Waals surface area contributed by atoms with Crippen molar-refractivity contribution in [2.45, 2.75) is 13.0 Å². The SMILES string of the molecule is CNC(=O)c1ccc(NCC(C)N(C)C)c(N)c1. The van der Waals surface area contributed by atoms with Crippen LogP contribution in [0.15, 0.2) is 18.2 Å². The minimum Gasteiger partial charge on any atom is -0.397 e. The maximum absolute atomic E-state index is 11.4. The third kappa shape index (κ3) is 3.63. The van der Waals surface area contributed by atoms with Crippen LogP contribution in [0, 0.1) is 0 Å². The van der Waals surface area contributed by atoms with Crippen molar-refractivity contribution >= 4 is 17.3 Å². The third-order valence-electron chi connectivity index (χ3n) is 3.01. The highest BCUT2D eigenvalue weighted by Crippen LogP contribution is 2.19. The molecule has 100 valence electrons. The Bertz CT molecular complexity index is 417. The number of benzene rings is 1. The van der Waals surface area contributed by atoms with Gasteiger partial charge in [-0.25, -0.2) is 0 Å². The average molecular weight is 250 g/mol. The van der Waals surface area contributed by atoms with Crippen LogP contribution in [-0.2, 0) is 0 Å². The van der Waals surface area contributed by atoms with E-state index >= 15 is 0 Å². The lowest BCUT2D eigenvalue weighted by molar-refractivity contribution is 0.0963. The average Bonchev–Trinajstić information content (AvgIpc) is 2.35. The van der Waals surface area contributed by atoms with Crippen molar-refractivity contribution in [2.75, 3.05) is 38.7 Å². The third-order valence-corrected chi connectivity index (χ3v) is 3.01. The number of carbonyl (C=O) groups is 1. The molecule has 5 nitrogen and oxygen atoms in total. The van der Waals surface area contributed by atoms with Gasteiger partial charge >= 0.3 is 0 Å². The van der Waals surface area contributed by atoms with Crippen LogP contribution in [0.2, 0.25) is 0 Å². The van der Waals surface area contributed by atoms with Crippen molar-refractivity contribution in [3.05, 3.63) is 23.8 Å². The van der Waals surface area contributed by atoms with Gasteiger partial charge in [-0.15, -0.1) is 0 Å². The predicted molar refractivity (Wildman–Crippen MR) is 75.9 cm³/mol. The second-order valence-corrected chi connectivity index (χ2v) is 4.57. The van der Waals surface area contributed by atoms with E-state index in [1.807, 2.05) is 20.2 Å². The summed E-state index contributed by atoms with van der Waals surface area (Å²) in [5.74, 6) is -0.130. The fourth-order valence-electron chi connectivity index (χ4n) is 1.45. The molecule has 4 N–H and O–H groups in total. The van der Waals surface area contributed by atoms with Crippen LogP contribution in [0.3, 0.4) is 0 Å². The number of likely N-dealkylation sites (N-methyl/N-ethyl adjacent to an activating group) is 1. The van der Waals surface area contributed by atoms with Crippen LogP contribution in [0.4, 0.5) is 11.4 Å². The molecule has 18 heavy (non-hydrogen) atoms. The first kappa shape index (κ1) is 14.3. The van der Waals surface area contributed by atoms with Gasteiger partial charge in [0, 0.05) is 25.2 Å². The number of nitrogens with one attached hydrogen (secondary N) is 2. The number of rotatable bonds is 5. The summed E-state index contributed by atoms with van der Waals surface area (Å²) in [6.07, 6.45) is 0. The highest BCUT2D eigenvalue weighted by atomic mass is 16.1. The van der Waals surface area contributed by atoms with Crippen LogP contribution in [0.1, 0.15) is 17.3 Å². The fourth-order valence-corrected chi connectivity index (χ4v) is 1.45. The summed E-state index contributed by atoms with van der Waals surface area (Å²) in [7, 11) is 5.66. The van der Waals surface area contributed by atoms with E-state index in [4.69, 9.17) is 5.73 Å². The van der Waals surface area contributed by atoms with Gasteiger partial charge in [-0.2, -0.15) is 0 Å². The van der Waals surface area contributed by atoms with Gasteiger partial charge in [-0.1, -0.05) is 0 Å². The van der Waals surface area contributed by atoms with Gasteiger partial charge in [0.2, 0.25) is 0 Å². The molecule has 1 aromatic carbocycles. The second kappa shape index (κ2) is 6.26. The van der Waals surface area contributed by atoms with E-state index in [1.165, 1.54) is 0 Å². The molecule has 0 aliphatic heterocycles. The molecule has 0 fully saturated rings. The number of nitrogen functional groups attached to an aromatic ring is 1. The zero-order chi connectivity index (χ0) is 13.7. The maximum Gasteiger partial charge on any atom is 0.251 e. The fraction of sp³-hybridized carbons (Fsp3) is 0.462. The molecule has 1 unspecified atom stereocenters. The molecule has 0 spiro atoms. The van der Waals surface area contributed by atoms with Crippen molar-refractivity contribution in [1.29, 1.82) is 0 Å². The smallest absolute Gasteiger partial charge is 0.251 e. The topological polar surface area (TPSA) is 70.4 Å². The summed E-state index contributed by atoms with van der Waals surface area (Å²) in [6.45, 7) is 2.93. The number of carbonyl (C=O) groups excluding carboxylic acids is 1. The van der Waals surface area contributed by atoms with Crippen molar-refractivity contribution in [3.63, 3.8) is 0 Å². The molecule has 1 amide bonds. The first-order valence-corrected chi connectivity index (χ1v) is 5.97. The number of hydrogen-bond acceptors (Lipinski definition) is 4. The van der Waals surface area contributed by atoms with Crippen LogP contribution < -0.4 is 16.4 Å². The van der Waals surface area contributed by atoms with Crippen molar-refractivity contribution in [2.24, 2.45) is 0 Å². The lowest BCUT2D eigenvalue weighted by Gasteiger charge is -2.21. The normalized spacial score (nSPS) is 12.3. The molecule has 1 atom stereocenters. The number of hydrogen-bond donors (Lipinski definition) is 3. The second-order valence-electron chi connectivity index (χ2n) is 4.57. The summed E-state index contributed by atoms with van der Waals surface area (Å²) in [4.78, 5) is 13.6. The Labute approximate surface area is 108 Å². The van der Waals surface area contributed by atoms with Gasteiger partial charge in [0.25, 0.3) is 5.91 Å². The summed E-state index contributed by atoms with van der Waals surface area (Å²) in [6, 6.07) is 5.68. The van der Waals surface area contributed by atoms with Crippen LogP contribution in [0.5, 0.6) is 0 Å². The molecule has 1 rings (SSSR count). The standard InChI is InChI=1S/C13H22N4O/c1-9(17(3)4)8-16-12-6-5-10(7-11(12)14)13(18)15-2/h5-7,9,16H,8,14H2,1-4H3,(H,15,18). The molecule has 0 bridgehead atoms. The Kier molecular flexibility index (Phi) is 4.97. The van der Waals surface area contributed by atoms with Gasteiger partial charge in [-0.3, -0.25) is 4.79 Å². The molecule has 0 heterocycles. The molecular formula is C13H22N4O. The van der Waals surface area contributed by atoms with Gasteiger partial charge in [0.15, 0.2) is 0 Å². The van der Waals surface area contributed by atoms with Crippen molar-refractivity contribution < 1.29 is 4.79 Å². The first-order chi connectivity index (χ1) is 8.45. The van der Waals surface area contributed by atoms with E-state index in [2.05, 4.69) is 22.5 Å². The Balaban J connectivity index is 2.71. The van der Waals surface area contributed by atoms with E-state index in [0.717, 1.165) is 12.2 Å². The molecule has 0 saturated heterocycles. The molecular weight excluding hydrogens is 228 g/mol. The van der Waals surface area contributed by atoms with Crippen LogP contribution in [0.25, 0.3) is 0 Å². The highest BCUT2D eigenvalue weighted by molar-refractivity contribution is 5.95. The van der Waals surface area contributed by atoms with E-state index in [-0.39, 0.29) is 5.91 Å². The molecule has 5 heteroatoms. The quantitative estimate of drug-likeness (QED) is 0.682. The molecule has 1 aromatic rings. The Morgan fingerprint density at radius 1 is 1.44 bits per heavy atom. The number of amides is 1. The van der Waals surface area contributed by atoms with Gasteiger partial charge in [0.05, 0.1) is 11.4 Å². The molecule has 0 aliphatic rings. The molecule has 0 saturated carbocycles. The predicted octanol–water partition coefficient (Wildman–Crippen LogP) is 0.990. The lowest BCUT2D eigenvalue weighted by Crippen LogP contribution is -2.31. The van der Waals surface area contributed by atoms with E-state index < -0.39 is 0 Å². The molecule has 0 radical (unpaired) electrons. The Morgan fingerprint density at radius 3 is 2.61 bits per heavy atom. The van der Waals surface area contributed by atoms with Crippen LogP contribution >= 0.6 is 0 Å². The maximum atomic E-state index is 11.4. The molecule has 0 aromatic heterocycles. The van der Waals surface area contributed by atoms with Crippen molar-refractivity contribution in [3.8, 4) is 0 Å². The van der Waals surface area contributed by atoms with Gasteiger partial charge in [0.1, 0.15) is 0 Å². The van der Waals surface area contributed by atoms with E-state index in [9.17, 15) is 4.79 Å². The highest BCUT2D eigenvalue weighted by Gasteiger charge is 2.08. The van der Waals surface area contributed by atoms with Gasteiger partial charge in [-0.05, 0) is 39.2 Å². The molecule has 0 aliphatic carbocycles. The summed E-state index contributed by atoms with van der Waals surface area (Å²) >= 11 is 0. The minimum atomic E-state index is -0.130. The summed E-state index contributed by atoms with van der Waals surface area (Å²) < 4.78 is 0. The number of anilines is 2. The zero-order valence-corrected chi connectivity index (χ0v) is 11.4. The van der Waals surface area contributed by atoms with E-state index in [0.29, 0.717) is 17.3 Å². The van der Waals surface area contributed by atoms with Crippen molar-refractivity contribution in [1.82, 2.24) is 10.2 Å². The van der Waals surface area contributed by atoms with Gasteiger partial charge < -0.3 is 21.3 Å². The minimum absolute atomic E-state index is 0.130. The Morgan fingerprint density at radius 2 is 2.11 bits per heavy atom. The Hall–Kier alpha value is -1.75. The zero-order valence-electron chi connectivity index (χ0n) is 11.4.